The van der Waals surface area contributed by atoms with Crippen LogP contribution in [-0.2, 0) is 9.59 Å². The molecular formula is C23H22N2O3S. The Balaban J connectivity index is 1.83. The smallest absolute Gasteiger partial charge is 0.242 e. The van der Waals surface area contributed by atoms with Gasteiger partial charge in [0.15, 0.2) is 0 Å². The van der Waals surface area contributed by atoms with Crippen molar-refractivity contribution in [3.05, 3.63) is 84.4 Å². The first-order valence-corrected chi connectivity index (χ1v) is 9.97. The molecule has 0 radical (unpaired) electrons. The van der Waals surface area contributed by atoms with Crippen LogP contribution < -0.4 is 15.4 Å². The molecule has 5 nitrogen and oxygen atoms in total. The zero-order valence-corrected chi connectivity index (χ0v) is 17.0. The Morgan fingerprint density at radius 2 is 1.59 bits per heavy atom. The quantitative estimate of drug-likeness (QED) is 0.534. The third kappa shape index (κ3) is 5.86. The highest BCUT2D eigenvalue weighted by atomic mass is 32.2. The third-order valence-corrected chi connectivity index (χ3v) is 5.35. The molecule has 2 N–H and O–H groups in total. The summed E-state index contributed by atoms with van der Waals surface area (Å²) in [6.07, 6.45) is 0. The Morgan fingerprint density at radius 1 is 0.862 bits per heavy atom. The fourth-order valence-corrected chi connectivity index (χ4v) is 3.85. The second-order valence-corrected chi connectivity index (χ2v) is 7.51. The fraction of sp³-hybridized carbons (Fsp3) is 0.130. The van der Waals surface area contributed by atoms with Crippen molar-refractivity contribution >= 4 is 35.0 Å². The lowest BCUT2D eigenvalue weighted by atomic mass is 10.1. The summed E-state index contributed by atoms with van der Waals surface area (Å²) in [5.74, 6) is 0.465. The molecule has 29 heavy (non-hydrogen) atoms. The molecule has 0 fully saturated rings. The maximum absolute atomic E-state index is 13.1. The second-order valence-electron chi connectivity index (χ2n) is 6.34. The Morgan fingerprint density at radius 3 is 2.24 bits per heavy atom. The number of ether oxygens (including phenoxy) is 1. The van der Waals surface area contributed by atoms with E-state index in [4.69, 9.17) is 4.74 Å². The molecule has 1 unspecified atom stereocenters. The van der Waals surface area contributed by atoms with Gasteiger partial charge in [-0.05, 0) is 48.0 Å². The van der Waals surface area contributed by atoms with Gasteiger partial charge in [-0.2, -0.15) is 0 Å². The lowest BCUT2D eigenvalue weighted by molar-refractivity contribution is -0.116. The lowest BCUT2D eigenvalue weighted by Gasteiger charge is -2.18. The molecule has 3 rings (SSSR count). The summed E-state index contributed by atoms with van der Waals surface area (Å²) in [7, 11) is 1.60. The maximum Gasteiger partial charge on any atom is 0.242 e. The minimum absolute atomic E-state index is 0.128. The Bertz CT molecular complexity index is 975. The average Bonchev–Trinajstić information content (AvgIpc) is 2.73. The molecule has 3 aromatic carbocycles. The van der Waals surface area contributed by atoms with Crippen molar-refractivity contribution in [3.8, 4) is 5.75 Å². The summed E-state index contributed by atoms with van der Waals surface area (Å²) in [5, 5.41) is 5.29. The molecule has 148 valence electrons. The number of benzene rings is 3. The van der Waals surface area contributed by atoms with E-state index in [1.165, 1.54) is 18.7 Å². The number of hydrogen-bond donors (Lipinski definition) is 2. The minimum Gasteiger partial charge on any atom is -0.497 e. The van der Waals surface area contributed by atoms with Gasteiger partial charge in [0.2, 0.25) is 11.8 Å². The van der Waals surface area contributed by atoms with Crippen LogP contribution in [0.3, 0.4) is 0 Å². The molecule has 3 aromatic rings. The van der Waals surface area contributed by atoms with Crippen LogP contribution in [0.2, 0.25) is 0 Å². The van der Waals surface area contributed by atoms with E-state index in [-0.39, 0.29) is 11.8 Å². The number of rotatable bonds is 7. The first-order valence-electron chi connectivity index (χ1n) is 9.09. The monoisotopic (exact) mass is 406 g/mol. The van der Waals surface area contributed by atoms with Gasteiger partial charge in [-0.3, -0.25) is 9.59 Å². The molecule has 2 amide bonds. The van der Waals surface area contributed by atoms with E-state index >= 15 is 0 Å². The van der Waals surface area contributed by atoms with Crippen LogP contribution in [0.4, 0.5) is 11.4 Å². The van der Waals surface area contributed by atoms with Gasteiger partial charge in [-0.25, -0.2) is 0 Å². The minimum atomic E-state index is -0.453. The van der Waals surface area contributed by atoms with Crippen LogP contribution in [0.1, 0.15) is 17.7 Å². The van der Waals surface area contributed by atoms with Gasteiger partial charge in [0.1, 0.15) is 11.0 Å². The van der Waals surface area contributed by atoms with Crippen molar-refractivity contribution in [1.29, 1.82) is 0 Å². The van der Waals surface area contributed by atoms with Gasteiger partial charge in [0.05, 0.1) is 7.11 Å². The van der Waals surface area contributed by atoms with E-state index in [2.05, 4.69) is 10.6 Å². The van der Waals surface area contributed by atoms with Crippen LogP contribution in [0, 0.1) is 0 Å². The van der Waals surface area contributed by atoms with Crippen molar-refractivity contribution in [2.75, 3.05) is 17.7 Å². The van der Waals surface area contributed by atoms with Crippen molar-refractivity contribution in [2.45, 2.75) is 17.1 Å². The van der Waals surface area contributed by atoms with Crippen LogP contribution in [-0.4, -0.2) is 18.9 Å². The van der Waals surface area contributed by atoms with E-state index in [0.717, 1.165) is 16.2 Å². The fourth-order valence-electron chi connectivity index (χ4n) is 2.77. The molecule has 0 saturated heterocycles. The topological polar surface area (TPSA) is 67.4 Å². The van der Waals surface area contributed by atoms with Gasteiger partial charge < -0.3 is 15.4 Å². The molecular weight excluding hydrogens is 384 g/mol. The number of methoxy groups -OCH3 is 1. The molecule has 0 saturated carbocycles. The molecule has 0 spiro atoms. The number of amides is 2. The van der Waals surface area contributed by atoms with E-state index < -0.39 is 5.25 Å². The number of thioether (sulfide) groups is 1. The predicted octanol–water partition coefficient (Wildman–Crippen LogP) is 5.13. The van der Waals surface area contributed by atoms with E-state index in [0.29, 0.717) is 11.4 Å². The van der Waals surface area contributed by atoms with Crippen molar-refractivity contribution in [2.24, 2.45) is 0 Å². The second kappa shape index (κ2) is 9.80. The summed E-state index contributed by atoms with van der Waals surface area (Å²) >= 11 is 1.43. The van der Waals surface area contributed by atoms with Gasteiger partial charge >= 0.3 is 0 Å². The number of carbonyl (C=O) groups excluding carboxylic acids is 2. The lowest BCUT2D eigenvalue weighted by Crippen LogP contribution is -2.19. The summed E-state index contributed by atoms with van der Waals surface area (Å²) in [5.41, 5.74) is 2.29. The van der Waals surface area contributed by atoms with E-state index in [9.17, 15) is 9.59 Å². The average molecular weight is 407 g/mol. The highest BCUT2D eigenvalue weighted by Gasteiger charge is 2.22. The van der Waals surface area contributed by atoms with Crippen molar-refractivity contribution in [1.82, 2.24) is 0 Å². The standard InChI is InChI=1S/C23H22N2O3S/c1-16(26)24-19-9-6-10-21(15-19)29-22(17-7-4-3-5-8-17)23(27)25-18-11-13-20(28-2)14-12-18/h3-15,22H,1-2H3,(H,24,26)(H,25,27). The van der Waals surface area contributed by atoms with E-state index in [1.54, 1.807) is 31.4 Å². The molecule has 0 heterocycles. The molecule has 0 aliphatic heterocycles. The first-order chi connectivity index (χ1) is 14.0. The summed E-state index contributed by atoms with van der Waals surface area (Å²) in [6.45, 7) is 1.47. The highest BCUT2D eigenvalue weighted by Crippen LogP contribution is 2.37. The normalized spacial score (nSPS) is 11.4. The number of anilines is 2. The number of carbonyl (C=O) groups is 2. The first kappa shape index (κ1) is 20.5. The zero-order valence-electron chi connectivity index (χ0n) is 16.2. The summed E-state index contributed by atoms with van der Waals surface area (Å²) < 4.78 is 5.16. The molecule has 6 heteroatoms. The van der Waals surface area contributed by atoms with Gasteiger partial charge in [0.25, 0.3) is 0 Å². The zero-order chi connectivity index (χ0) is 20.6. The molecule has 0 aliphatic carbocycles. The van der Waals surface area contributed by atoms with Crippen LogP contribution in [0.5, 0.6) is 5.75 Å². The summed E-state index contributed by atoms with van der Waals surface area (Å²) in [4.78, 5) is 25.3. The molecule has 1 atom stereocenters. The maximum atomic E-state index is 13.1. The predicted molar refractivity (Wildman–Crippen MR) is 117 cm³/mol. The van der Waals surface area contributed by atoms with Gasteiger partial charge in [-0.1, -0.05) is 36.4 Å². The van der Waals surface area contributed by atoms with Crippen LogP contribution >= 0.6 is 11.8 Å². The van der Waals surface area contributed by atoms with Crippen LogP contribution in [0.15, 0.2) is 83.8 Å². The van der Waals surface area contributed by atoms with Crippen LogP contribution in [0.25, 0.3) is 0 Å². The number of nitrogens with one attached hydrogen (secondary N) is 2. The van der Waals surface area contributed by atoms with Crippen molar-refractivity contribution in [3.63, 3.8) is 0 Å². The highest BCUT2D eigenvalue weighted by molar-refractivity contribution is 8.00. The van der Waals surface area contributed by atoms with Crippen molar-refractivity contribution < 1.29 is 14.3 Å². The molecule has 0 aromatic heterocycles. The SMILES string of the molecule is COc1ccc(NC(=O)C(Sc2cccc(NC(C)=O)c2)c2ccccc2)cc1. The Kier molecular flexibility index (Phi) is 6.92. The number of hydrogen-bond acceptors (Lipinski definition) is 4. The third-order valence-electron chi connectivity index (χ3n) is 4.11. The Hall–Kier alpha value is -3.25. The molecule has 0 bridgehead atoms. The summed E-state index contributed by atoms with van der Waals surface area (Å²) in [6, 6.07) is 24.3. The molecule has 0 aliphatic rings. The largest absolute Gasteiger partial charge is 0.497 e. The van der Waals surface area contributed by atoms with Gasteiger partial charge in [0, 0.05) is 23.2 Å². The Labute approximate surface area is 174 Å². The van der Waals surface area contributed by atoms with E-state index in [1.807, 2.05) is 54.6 Å². The van der Waals surface area contributed by atoms with Gasteiger partial charge in [-0.15, -0.1) is 11.8 Å².